The van der Waals surface area contributed by atoms with Gasteiger partial charge >= 0.3 is 0 Å². The molecule has 1 heterocycles. The standard InChI is InChI=1S/C12H19ClN2/c1-5-9(6-2)12-14-10(8(3)4)7-11(13)15-12/h7-9H,5-6H2,1-4H3. The SMILES string of the molecule is CCC(CC)c1nc(Cl)cc(C(C)C)n1. The summed E-state index contributed by atoms with van der Waals surface area (Å²) in [4.78, 5) is 8.89. The van der Waals surface area contributed by atoms with Crippen LogP contribution in [0.25, 0.3) is 0 Å². The van der Waals surface area contributed by atoms with E-state index in [2.05, 4.69) is 37.7 Å². The molecule has 15 heavy (non-hydrogen) atoms. The Kier molecular flexibility index (Phi) is 4.52. The second-order valence-electron chi connectivity index (χ2n) is 4.14. The van der Waals surface area contributed by atoms with Gasteiger partial charge in [0.05, 0.1) is 0 Å². The van der Waals surface area contributed by atoms with Crippen LogP contribution in [0.5, 0.6) is 0 Å². The Morgan fingerprint density at radius 2 is 1.80 bits per heavy atom. The second kappa shape index (κ2) is 5.45. The van der Waals surface area contributed by atoms with E-state index in [0.717, 1.165) is 24.4 Å². The Labute approximate surface area is 97.1 Å². The van der Waals surface area contributed by atoms with Crippen LogP contribution < -0.4 is 0 Å². The number of rotatable bonds is 4. The normalized spacial score (nSPS) is 11.4. The number of hydrogen-bond acceptors (Lipinski definition) is 2. The van der Waals surface area contributed by atoms with Crippen molar-refractivity contribution < 1.29 is 0 Å². The van der Waals surface area contributed by atoms with E-state index in [1.165, 1.54) is 0 Å². The van der Waals surface area contributed by atoms with Gasteiger partial charge in [-0.25, -0.2) is 9.97 Å². The lowest BCUT2D eigenvalue weighted by Gasteiger charge is -2.13. The van der Waals surface area contributed by atoms with Crippen molar-refractivity contribution in [2.45, 2.75) is 52.4 Å². The van der Waals surface area contributed by atoms with Crippen molar-refractivity contribution in [1.82, 2.24) is 9.97 Å². The monoisotopic (exact) mass is 226 g/mol. The van der Waals surface area contributed by atoms with E-state index >= 15 is 0 Å². The van der Waals surface area contributed by atoms with Crippen molar-refractivity contribution in [2.75, 3.05) is 0 Å². The maximum Gasteiger partial charge on any atom is 0.133 e. The molecule has 0 amide bonds. The van der Waals surface area contributed by atoms with Gasteiger partial charge in [-0.3, -0.25) is 0 Å². The maximum absolute atomic E-state index is 6.00. The van der Waals surface area contributed by atoms with Gasteiger partial charge in [-0.15, -0.1) is 0 Å². The lowest BCUT2D eigenvalue weighted by Crippen LogP contribution is -2.06. The van der Waals surface area contributed by atoms with Crippen molar-refractivity contribution >= 4 is 11.6 Å². The summed E-state index contributed by atoms with van der Waals surface area (Å²) in [7, 11) is 0. The fourth-order valence-electron chi connectivity index (χ4n) is 1.59. The number of hydrogen-bond donors (Lipinski definition) is 0. The minimum absolute atomic E-state index is 0.401. The van der Waals surface area contributed by atoms with E-state index < -0.39 is 0 Å². The molecule has 0 fully saturated rings. The van der Waals surface area contributed by atoms with E-state index in [9.17, 15) is 0 Å². The quantitative estimate of drug-likeness (QED) is 0.721. The molecule has 0 aliphatic heterocycles. The van der Waals surface area contributed by atoms with E-state index in [1.54, 1.807) is 0 Å². The highest BCUT2D eigenvalue weighted by atomic mass is 35.5. The topological polar surface area (TPSA) is 25.8 Å². The molecule has 84 valence electrons. The van der Waals surface area contributed by atoms with E-state index in [4.69, 9.17) is 11.6 Å². The van der Waals surface area contributed by atoms with Gasteiger partial charge in [-0.05, 0) is 24.8 Å². The molecule has 0 aromatic carbocycles. The average molecular weight is 227 g/mol. The van der Waals surface area contributed by atoms with Crippen LogP contribution in [0.3, 0.4) is 0 Å². The molecule has 0 aliphatic rings. The summed E-state index contributed by atoms with van der Waals surface area (Å²) in [6, 6.07) is 1.86. The molecule has 3 heteroatoms. The first kappa shape index (κ1) is 12.4. The third-order valence-electron chi connectivity index (χ3n) is 2.67. The summed E-state index contributed by atoms with van der Waals surface area (Å²) in [6.07, 6.45) is 2.13. The van der Waals surface area contributed by atoms with E-state index in [1.807, 2.05) is 6.07 Å². The largest absolute Gasteiger partial charge is 0.237 e. The zero-order valence-corrected chi connectivity index (χ0v) is 10.7. The predicted molar refractivity (Wildman–Crippen MR) is 64.5 cm³/mol. The molecule has 0 atom stereocenters. The molecule has 0 spiro atoms. The third kappa shape index (κ3) is 3.16. The van der Waals surface area contributed by atoms with E-state index in [0.29, 0.717) is 17.0 Å². The van der Waals surface area contributed by atoms with Crippen molar-refractivity contribution in [3.05, 3.63) is 22.7 Å². The molecule has 0 unspecified atom stereocenters. The Bertz CT molecular complexity index is 319. The predicted octanol–water partition coefficient (Wildman–Crippen LogP) is 4.16. The molecule has 0 saturated carbocycles. The van der Waals surface area contributed by atoms with Gasteiger partial charge in [0.2, 0.25) is 0 Å². The number of halogens is 1. The number of aromatic nitrogens is 2. The second-order valence-corrected chi connectivity index (χ2v) is 4.53. The molecule has 0 saturated heterocycles. The van der Waals surface area contributed by atoms with Crippen LogP contribution in [-0.2, 0) is 0 Å². The highest BCUT2D eigenvalue weighted by molar-refractivity contribution is 6.29. The lowest BCUT2D eigenvalue weighted by atomic mass is 10.0. The van der Waals surface area contributed by atoms with Gasteiger partial charge in [-0.1, -0.05) is 39.3 Å². The summed E-state index contributed by atoms with van der Waals surface area (Å²) in [5, 5.41) is 0.565. The van der Waals surface area contributed by atoms with Crippen LogP contribution in [0.1, 0.15) is 63.9 Å². The summed E-state index contributed by atoms with van der Waals surface area (Å²) < 4.78 is 0. The average Bonchev–Trinajstić information content (AvgIpc) is 2.18. The van der Waals surface area contributed by atoms with Crippen LogP contribution in [0, 0.1) is 0 Å². The zero-order chi connectivity index (χ0) is 11.4. The summed E-state index contributed by atoms with van der Waals surface area (Å²) in [6.45, 7) is 8.56. The van der Waals surface area contributed by atoms with Crippen molar-refractivity contribution in [3.63, 3.8) is 0 Å². The Morgan fingerprint density at radius 3 is 2.27 bits per heavy atom. The molecular weight excluding hydrogens is 208 g/mol. The zero-order valence-electron chi connectivity index (χ0n) is 9.92. The molecule has 1 aromatic heterocycles. The molecule has 1 rings (SSSR count). The van der Waals surface area contributed by atoms with Crippen LogP contribution >= 0.6 is 11.6 Å². The maximum atomic E-state index is 6.00. The van der Waals surface area contributed by atoms with Crippen LogP contribution in [0.4, 0.5) is 0 Å². The minimum Gasteiger partial charge on any atom is -0.237 e. The first-order chi connectivity index (χ1) is 7.08. The molecule has 0 radical (unpaired) electrons. The first-order valence-electron chi connectivity index (χ1n) is 5.62. The van der Waals surface area contributed by atoms with Gasteiger partial charge in [0.15, 0.2) is 0 Å². The smallest absolute Gasteiger partial charge is 0.133 e. The lowest BCUT2D eigenvalue weighted by molar-refractivity contribution is 0.594. The molecule has 0 N–H and O–H groups in total. The fraction of sp³-hybridized carbons (Fsp3) is 0.667. The molecule has 0 aliphatic carbocycles. The van der Waals surface area contributed by atoms with Gasteiger partial charge in [0, 0.05) is 11.6 Å². The van der Waals surface area contributed by atoms with Gasteiger partial charge in [0.25, 0.3) is 0 Å². The molecule has 1 aromatic rings. The van der Waals surface area contributed by atoms with Gasteiger partial charge < -0.3 is 0 Å². The Morgan fingerprint density at radius 1 is 1.20 bits per heavy atom. The summed E-state index contributed by atoms with van der Waals surface area (Å²) in [5.74, 6) is 1.73. The fourth-order valence-corrected chi connectivity index (χ4v) is 1.78. The Balaban J connectivity index is 3.07. The minimum atomic E-state index is 0.401. The third-order valence-corrected chi connectivity index (χ3v) is 2.87. The van der Waals surface area contributed by atoms with E-state index in [-0.39, 0.29) is 0 Å². The van der Waals surface area contributed by atoms with Crippen molar-refractivity contribution in [2.24, 2.45) is 0 Å². The first-order valence-corrected chi connectivity index (χ1v) is 6.00. The van der Waals surface area contributed by atoms with Crippen molar-refractivity contribution in [1.29, 1.82) is 0 Å². The van der Waals surface area contributed by atoms with Crippen LogP contribution in [-0.4, -0.2) is 9.97 Å². The molecular formula is C12H19ClN2. The summed E-state index contributed by atoms with van der Waals surface area (Å²) >= 11 is 6.00. The van der Waals surface area contributed by atoms with Crippen molar-refractivity contribution in [3.8, 4) is 0 Å². The summed E-state index contributed by atoms with van der Waals surface area (Å²) in [5.41, 5.74) is 1.04. The molecule has 0 bridgehead atoms. The van der Waals surface area contributed by atoms with Crippen LogP contribution in [0.15, 0.2) is 6.07 Å². The molecule has 2 nitrogen and oxygen atoms in total. The Hall–Kier alpha value is -0.630. The van der Waals surface area contributed by atoms with Gasteiger partial charge in [-0.2, -0.15) is 0 Å². The van der Waals surface area contributed by atoms with Gasteiger partial charge in [0.1, 0.15) is 11.0 Å². The number of nitrogens with zero attached hydrogens (tertiary/aromatic N) is 2. The highest BCUT2D eigenvalue weighted by Gasteiger charge is 2.13. The van der Waals surface area contributed by atoms with Crippen LogP contribution in [0.2, 0.25) is 5.15 Å². The highest BCUT2D eigenvalue weighted by Crippen LogP contribution is 2.23.